The molecule has 2 aromatic rings. The Labute approximate surface area is 170 Å². The predicted molar refractivity (Wildman–Crippen MR) is 112 cm³/mol. The first-order chi connectivity index (χ1) is 13.5. The lowest BCUT2D eigenvalue weighted by molar-refractivity contribution is 0.223. The Morgan fingerprint density at radius 1 is 1.29 bits per heavy atom. The van der Waals surface area contributed by atoms with Gasteiger partial charge in [-0.05, 0) is 56.5 Å². The molecule has 0 radical (unpaired) electrons. The van der Waals surface area contributed by atoms with Gasteiger partial charge in [-0.2, -0.15) is 11.8 Å². The molecule has 154 valence electrons. The van der Waals surface area contributed by atoms with Gasteiger partial charge in [0.2, 0.25) is 0 Å². The van der Waals surface area contributed by atoms with Gasteiger partial charge in [0.1, 0.15) is 30.0 Å². The molecule has 1 heterocycles. The summed E-state index contributed by atoms with van der Waals surface area (Å²) in [5.41, 5.74) is 0. The molecule has 1 aromatic heterocycles. The zero-order valence-corrected chi connectivity index (χ0v) is 17.7. The van der Waals surface area contributed by atoms with Crippen LogP contribution in [-0.2, 0) is 13.6 Å². The zero-order chi connectivity index (χ0) is 20.4. The monoisotopic (exact) mass is 408 g/mol. The van der Waals surface area contributed by atoms with Crippen molar-refractivity contribution in [2.45, 2.75) is 32.9 Å². The quantitative estimate of drug-likeness (QED) is 0.357. The Kier molecular flexibility index (Phi) is 9.06. The molecule has 0 spiro atoms. The van der Waals surface area contributed by atoms with E-state index in [4.69, 9.17) is 4.74 Å². The van der Waals surface area contributed by atoms with Crippen LogP contribution < -0.4 is 15.4 Å². The summed E-state index contributed by atoms with van der Waals surface area (Å²) in [5, 5.41) is 14.8. The second-order valence-corrected chi connectivity index (χ2v) is 7.41. The number of hydrogen-bond donors (Lipinski definition) is 2. The summed E-state index contributed by atoms with van der Waals surface area (Å²) in [6, 6.07) is 6.02. The highest BCUT2D eigenvalue weighted by atomic mass is 32.2. The summed E-state index contributed by atoms with van der Waals surface area (Å²) < 4.78 is 20.7. The fourth-order valence-electron chi connectivity index (χ4n) is 2.36. The number of nitrogens with one attached hydrogen (secondary N) is 2. The number of rotatable bonds is 10. The molecule has 0 aliphatic heterocycles. The molecule has 2 rings (SSSR count). The zero-order valence-electron chi connectivity index (χ0n) is 16.9. The highest BCUT2D eigenvalue weighted by Gasteiger charge is 2.08. The maximum absolute atomic E-state index is 13.0. The van der Waals surface area contributed by atoms with E-state index >= 15 is 0 Å². The minimum Gasteiger partial charge on any atom is -0.489 e. The first kappa shape index (κ1) is 22.0. The molecule has 9 heteroatoms. The third kappa shape index (κ3) is 7.38. The number of hydrogen-bond acceptors (Lipinski definition) is 5. The second kappa shape index (κ2) is 11.5. The van der Waals surface area contributed by atoms with E-state index in [0.29, 0.717) is 24.8 Å². The average Bonchev–Trinajstić information content (AvgIpc) is 3.00. The lowest BCUT2D eigenvalue weighted by Crippen LogP contribution is -2.42. The van der Waals surface area contributed by atoms with Crippen molar-refractivity contribution >= 4 is 17.7 Å². The molecule has 0 saturated carbocycles. The normalized spacial score (nSPS) is 12.7. The standard InChI is InChI=1S/C19H29FN6OS/c1-14(27-17-8-6-16(20)7-9-17)12-22-19(21-10-5-11-28-4)23-13-18-25-24-15(2)26(18)3/h6-9,14H,5,10-13H2,1-4H3,(H2,21,22,23). The van der Waals surface area contributed by atoms with Crippen molar-refractivity contribution in [3.8, 4) is 5.75 Å². The van der Waals surface area contributed by atoms with Crippen LogP contribution in [0.1, 0.15) is 25.0 Å². The van der Waals surface area contributed by atoms with E-state index in [-0.39, 0.29) is 11.9 Å². The maximum atomic E-state index is 13.0. The van der Waals surface area contributed by atoms with E-state index in [1.807, 2.05) is 37.2 Å². The lowest BCUT2D eigenvalue weighted by atomic mass is 10.3. The fourth-order valence-corrected chi connectivity index (χ4v) is 2.80. The number of nitrogens with zero attached hydrogens (tertiary/aromatic N) is 4. The van der Waals surface area contributed by atoms with Crippen LogP contribution in [0, 0.1) is 12.7 Å². The molecule has 28 heavy (non-hydrogen) atoms. The highest BCUT2D eigenvalue weighted by molar-refractivity contribution is 7.98. The number of thioether (sulfide) groups is 1. The van der Waals surface area contributed by atoms with Crippen molar-refractivity contribution in [3.63, 3.8) is 0 Å². The van der Waals surface area contributed by atoms with Crippen LogP contribution in [0.25, 0.3) is 0 Å². The number of aromatic nitrogens is 3. The molecular formula is C19H29FN6OS. The minimum absolute atomic E-state index is 0.110. The van der Waals surface area contributed by atoms with E-state index in [2.05, 4.69) is 32.1 Å². The molecule has 0 bridgehead atoms. The molecule has 0 amide bonds. The summed E-state index contributed by atoms with van der Waals surface area (Å²) in [4.78, 5) is 4.62. The molecule has 7 nitrogen and oxygen atoms in total. The number of guanidine groups is 1. The molecule has 1 unspecified atom stereocenters. The number of aryl methyl sites for hydroxylation is 1. The van der Waals surface area contributed by atoms with E-state index in [0.717, 1.165) is 30.4 Å². The summed E-state index contributed by atoms with van der Waals surface area (Å²) >= 11 is 1.82. The molecule has 1 aromatic carbocycles. The van der Waals surface area contributed by atoms with E-state index in [1.54, 1.807) is 12.1 Å². The summed E-state index contributed by atoms with van der Waals surface area (Å²) in [5.74, 6) is 3.81. The van der Waals surface area contributed by atoms with Gasteiger partial charge in [-0.25, -0.2) is 9.38 Å². The molecule has 2 N–H and O–H groups in total. The van der Waals surface area contributed by atoms with Crippen molar-refractivity contribution in [1.82, 2.24) is 25.4 Å². The first-order valence-electron chi connectivity index (χ1n) is 9.27. The second-order valence-electron chi connectivity index (χ2n) is 6.42. The van der Waals surface area contributed by atoms with Gasteiger partial charge < -0.3 is 19.9 Å². The molecular weight excluding hydrogens is 379 g/mol. The van der Waals surface area contributed by atoms with E-state index in [9.17, 15) is 4.39 Å². The SMILES string of the molecule is CSCCCNC(=NCc1nnc(C)n1C)NCC(C)Oc1ccc(F)cc1. The van der Waals surface area contributed by atoms with Crippen LogP contribution in [0.3, 0.4) is 0 Å². The third-order valence-corrected chi connectivity index (χ3v) is 4.78. The van der Waals surface area contributed by atoms with Crippen LogP contribution in [0.4, 0.5) is 4.39 Å². The Morgan fingerprint density at radius 2 is 2.04 bits per heavy atom. The maximum Gasteiger partial charge on any atom is 0.191 e. The Balaban J connectivity index is 1.90. The summed E-state index contributed by atoms with van der Waals surface area (Å²) in [6.45, 7) is 5.69. The van der Waals surface area contributed by atoms with E-state index < -0.39 is 0 Å². The fraction of sp³-hybridized carbons (Fsp3) is 0.526. The van der Waals surface area contributed by atoms with Crippen LogP contribution >= 0.6 is 11.8 Å². The lowest BCUT2D eigenvalue weighted by Gasteiger charge is -2.18. The van der Waals surface area contributed by atoms with Crippen LogP contribution in [0.15, 0.2) is 29.3 Å². The van der Waals surface area contributed by atoms with Crippen LogP contribution in [0.5, 0.6) is 5.75 Å². The van der Waals surface area contributed by atoms with Gasteiger partial charge in [-0.15, -0.1) is 10.2 Å². The minimum atomic E-state index is -0.277. The van der Waals surface area contributed by atoms with Gasteiger partial charge in [-0.3, -0.25) is 0 Å². The number of aliphatic imine (C=N–C) groups is 1. The smallest absolute Gasteiger partial charge is 0.191 e. The molecule has 1 atom stereocenters. The van der Waals surface area contributed by atoms with Crippen molar-refractivity contribution < 1.29 is 9.13 Å². The Morgan fingerprint density at radius 3 is 2.68 bits per heavy atom. The first-order valence-corrected chi connectivity index (χ1v) is 10.7. The van der Waals surface area contributed by atoms with Crippen molar-refractivity contribution in [1.29, 1.82) is 0 Å². The van der Waals surface area contributed by atoms with Gasteiger partial charge in [0.25, 0.3) is 0 Å². The number of halogens is 1. The largest absolute Gasteiger partial charge is 0.489 e. The molecule has 0 aliphatic rings. The number of ether oxygens (including phenoxy) is 1. The Hall–Kier alpha value is -2.29. The number of benzene rings is 1. The van der Waals surface area contributed by atoms with Crippen molar-refractivity contribution in [2.24, 2.45) is 12.0 Å². The molecule has 0 fully saturated rings. The third-order valence-electron chi connectivity index (χ3n) is 4.09. The van der Waals surface area contributed by atoms with Gasteiger partial charge in [-0.1, -0.05) is 0 Å². The molecule has 0 saturated heterocycles. The highest BCUT2D eigenvalue weighted by Crippen LogP contribution is 2.12. The summed E-state index contributed by atoms with van der Waals surface area (Å²) in [6.07, 6.45) is 3.03. The topological polar surface area (TPSA) is 76.4 Å². The van der Waals surface area contributed by atoms with Crippen LogP contribution in [0.2, 0.25) is 0 Å². The van der Waals surface area contributed by atoms with E-state index in [1.165, 1.54) is 12.1 Å². The van der Waals surface area contributed by atoms with Crippen molar-refractivity contribution in [3.05, 3.63) is 41.7 Å². The van der Waals surface area contributed by atoms with Gasteiger partial charge >= 0.3 is 0 Å². The van der Waals surface area contributed by atoms with Gasteiger partial charge in [0.15, 0.2) is 11.8 Å². The molecule has 0 aliphatic carbocycles. The van der Waals surface area contributed by atoms with Gasteiger partial charge in [0, 0.05) is 13.6 Å². The average molecular weight is 409 g/mol. The predicted octanol–water partition coefficient (Wildman–Crippen LogP) is 2.52. The Bertz CT molecular complexity index is 749. The van der Waals surface area contributed by atoms with Crippen molar-refractivity contribution in [2.75, 3.05) is 25.1 Å². The van der Waals surface area contributed by atoms with Crippen LogP contribution in [-0.4, -0.2) is 51.9 Å². The summed E-state index contributed by atoms with van der Waals surface area (Å²) in [7, 11) is 1.93. The van der Waals surface area contributed by atoms with Gasteiger partial charge in [0.05, 0.1) is 6.54 Å².